The molecule has 0 aliphatic heterocycles. The molecule has 0 fully saturated rings. The number of amides is 1. The quantitative estimate of drug-likeness (QED) is 0.875. The third-order valence-corrected chi connectivity index (χ3v) is 3.06. The van der Waals surface area contributed by atoms with E-state index in [1.54, 1.807) is 13.2 Å². The van der Waals surface area contributed by atoms with Crippen LogP contribution < -0.4 is 10.1 Å². The van der Waals surface area contributed by atoms with E-state index < -0.39 is 11.9 Å². The molecule has 0 aliphatic carbocycles. The monoisotopic (exact) mass is 274 g/mol. The Kier molecular flexibility index (Phi) is 3.98. The average Bonchev–Trinajstić information content (AvgIpc) is 2.43. The molecule has 4 nitrogen and oxygen atoms in total. The van der Waals surface area contributed by atoms with Crippen LogP contribution in [0.15, 0.2) is 30.5 Å². The molecule has 1 heterocycles. The number of nitrogens with one attached hydrogen (secondary N) is 1. The number of nitrogens with zero attached hydrogens (tertiary/aromatic N) is 1. The summed E-state index contributed by atoms with van der Waals surface area (Å²) >= 11 is 0. The highest BCUT2D eigenvalue weighted by Crippen LogP contribution is 2.29. The van der Waals surface area contributed by atoms with E-state index in [0.717, 1.165) is 11.1 Å². The van der Waals surface area contributed by atoms with E-state index in [1.807, 2.05) is 19.9 Å². The number of anilines is 1. The highest BCUT2D eigenvalue weighted by molar-refractivity contribution is 6.04. The zero-order chi connectivity index (χ0) is 14.7. The minimum atomic E-state index is -0.790. The van der Waals surface area contributed by atoms with Crippen molar-refractivity contribution in [1.29, 1.82) is 0 Å². The summed E-state index contributed by atoms with van der Waals surface area (Å²) in [5, 5.41) is 2.67. The summed E-state index contributed by atoms with van der Waals surface area (Å²) < 4.78 is 18.7. The summed E-state index contributed by atoms with van der Waals surface area (Å²) in [6.45, 7) is 3.75. The van der Waals surface area contributed by atoms with E-state index in [-0.39, 0.29) is 5.56 Å². The van der Waals surface area contributed by atoms with Crippen molar-refractivity contribution >= 4 is 11.6 Å². The van der Waals surface area contributed by atoms with Crippen molar-refractivity contribution in [3.63, 3.8) is 0 Å². The number of benzene rings is 1. The van der Waals surface area contributed by atoms with Gasteiger partial charge in [0.1, 0.15) is 5.75 Å². The first kappa shape index (κ1) is 14.0. The zero-order valence-electron chi connectivity index (χ0n) is 11.5. The van der Waals surface area contributed by atoms with Crippen molar-refractivity contribution < 1.29 is 13.9 Å². The molecule has 0 saturated carbocycles. The number of pyridine rings is 1. The Balaban J connectivity index is 2.32. The maximum atomic E-state index is 13.5. The highest BCUT2D eigenvalue weighted by Gasteiger charge is 2.15. The van der Waals surface area contributed by atoms with Gasteiger partial charge in [-0.1, -0.05) is 6.07 Å². The lowest BCUT2D eigenvalue weighted by molar-refractivity contribution is 0.102. The Morgan fingerprint density at radius 1 is 1.30 bits per heavy atom. The molecule has 2 rings (SSSR count). The second kappa shape index (κ2) is 5.69. The Morgan fingerprint density at radius 3 is 2.70 bits per heavy atom. The van der Waals surface area contributed by atoms with Gasteiger partial charge in [0.15, 0.2) is 0 Å². The van der Waals surface area contributed by atoms with Gasteiger partial charge in [-0.15, -0.1) is 0 Å². The largest absolute Gasteiger partial charge is 0.496 e. The Hall–Kier alpha value is -2.43. The molecule has 5 heteroatoms. The molecule has 0 saturated heterocycles. The number of hydrogen-bond donors (Lipinski definition) is 1. The molecule has 20 heavy (non-hydrogen) atoms. The van der Waals surface area contributed by atoms with Crippen LogP contribution in [0.5, 0.6) is 5.75 Å². The Labute approximate surface area is 116 Å². The first-order valence-electron chi connectivity index (χ1n) is 6.10. The van der Waals surface area contributed by atoms with Crippen LogP contribution in [-0.4, -0.2) is 18.0 Å². The minimum absolute atomic E-state index is 0.0913. The molecule has 1 N–H and O–H groups in total. The zero-order valence-corrected chi connectivity index (χ0v) is 11.5. The summed E-state index contributed by atoms with van der Waals surface area (Å²) in [6.07, 6.45) is 1.30. The van der Waals surface area contributed by atoms with Crippen molar-refractivity contribution in [1.82, 2.24) is 4.98 Å². The number of carbonyl (C=O) groups is 1. The van der Waals surface area contributed by atoms with Crippen molar-refractivity contribution in [3.8, 4) is 5.75 Å². The van der Waals surface area contributed by atoms with Crippen LogP contribution in [0.1, 0.15) is 21.5 Å². The number of carbonyl (C=O) groups excluding carboxylic acids is 1. The van der Waals surface area contributed by atoms with Crippen LogP contribution in [0.2, 0.25) is 0 Å². The van der Waals surface area contributed by atoms with E-state index >= 15 is 0 Å². The summed E-state index contributed by atoms with van der Waals surface area (Å²) in [5.74, 6) is -0.624. The maximum Gasteiger partial charge on any atom is 0.260 e. The van der Waals surface area contributed by atoms with Gasteiger partial charge < -0.3 is 10.1 Å². The molecular weight excluding hydrogens is 259 g/mol. The third kappa shape index (κ3) is 2.61. The van der Waals surface area contributed by atoms with E-state index in [1.165, 1.54) is 18.3 Å². The van der Waals surface area contributed by atoms with Crippen LogP contribution in [0.25, 0.3) is 0 Å². The van der Waals surface area contributed by atoms with Crippen LogP contribution >= 0.6 is 0 Å². The summed E-state index contributed by atoms with van der Waals surface area (Å²) in [4.78, 5) is 15.5. The van der Waals surface area contributed by atoms with Gasteiger partial charge in [-0.2, -0.15) is 4.39 Å². The Morgan fingerprint density at radius 2 is 2.05 bits per heavy atom. The maximum absolute atomic E-state index is 13.5. The van der Waals surface area contributed by atoms with Gasteiger partial charge in [0.05, 0.1) is 12.7 Å². The summed E-state index contributed by atoms with van der Waals surface area (Å²) in [7, 11) is 1.57. The molecule has 0 bridgehead atoms. The number of hydrogen-bond acceptors (Lipinski definition) is 3. The van der Waals surface area contributed by atoms with Crippen molar-refractivity contribution in [2.75, 3.05) is 12.4 Å². The smallest absolute Gasteiger partial charge is 0.260 e. The molecule has 0 atom stereocenters. The first-order chi connectivity index (χ1) is 9.54. The second-order valence-electron chi connectivity index (χ2n) is 4.38. The molecule has 1 amide bonds. The predicted molar refractivity (Wildman–Crippen MR) is 74.6 cm³/mol. The van der Waals surface area contributed by atoms with E-state index in [2.05, 4.69) is 10.3 Å². The molecule has 2 aromatic rings. The van der Waals surface area contributed by atoms with Crippen LogP contribution in [0.4, 0.5) is 10.1 Å². The van der Waals surface area contributed by atoms with Gasteiger partial charge in [-0.05, 0) is 37.6 Å². The molecule has 0 aliphatic rings. The number of ether oxygens (including phenoxy) is 1. The van der Waals surface area contributed by atoms with Crippen LogP contribution in [0.3, 0.4) is 0 Å². The topological polar surface area (TPSA) is 51.2 Å². The number of aryl methyl sites for hydroxylation is 1. The molecule has 1 aromatic carbocycles. The van der Waals surface area contributed by atoms with Gasteiger partial charge in [0.2, 0.25) is 5.95 Å². The molecule has 1 aromatic heterocycles. The van der Waals surface area contributed by atoms with Crippen LogP contribution in [-0.2, 0) is 0 Å². The summed E-state index contributed by atoms with van der Waals surface area (Å²) in [5.41, 5.74) is 2.26. The van der Waals surface area contributed by atoms with E-state index in [4.69, 9.17) is 4.74 Å². The minimum Gasteiger partial charge on any atom is -0.496 e. The fraction of sp³-hybridized carbons (Fsp3) is 0.200. The van der Waals surface area contributed by atoms with Crippen LogP contribution in [0, 0.1) is 19.8 Å². The molecule has 0 unspecified atom stereocenters. The molecule has 0 radical (unpaired) electrons. The molecule has 0 spiro atoms. The molecular formula is C15H15FN2O2. The molecule has 104 valence electrons. The first-order valence-corrected chi connectivity index (χ1v) is 6.10. The number of halogens is 1. The number of methoxy groups -OCH3 is 1. The lowest BCUT2D eigenvalue weighted by Gasteiger charge is -2.14. The standard InChI is InChI=1S/C15H15FN2O2/c1-9-6-7-12(10(2)13(9)20-3)18-15(19)11-5-4-8-17-14(11)16/h4-8H,1-3H3,(H,18,19). The Bertz CT molecular complexity index is 656. The fourth-order valence-electron chi connectivity index (χ4n) is 2.02. The number of aromatic nitrogens is 1. The van der Waals surface area contributed by atoms with Gasteiger partial charge >= 0.3 is 0 Å². The van der Waals surface area contributed by atoms with Crippen molar-refractivity contribution in [2.45, 2.75) is 13.8 Å². The lowest BCUT2D eigenvalue weighted by atomic mass is 10.1. The van der Waals surface area contributed by atoms with Gasteiger partial charge in [0, 0.05) is 17.4 Å². The van der Waals surface area contributed by atoms with Gasteiger partial charge in [-0.3, -0.25) is 4.79 Å². The number of rotatable bonds is 3. The predicted octanol–water partition coefficient (Wildman–Crippen LogP) is 3.10. The van der Waals surface area contributed by atoms with E-state index in [9.17, 15) is 9.18 Å². The average molecular weight is 274 g/mol. The normalized spacial score (nSPS) is 10.2. The van der Waals surface area contributed by atoms with Crippen molar-refractivity contribution in [2.24, 2.45) is 0 Å². The van der Waals surface area contributed by atoms with Gasteiger partial charge in [-0.25, -0.2) is 4.98 Å². The fourth-order valence-corrected chi connectivity index (χ4v) is 2.02. The van der Waals surface area contributed by atoms with Crippen molar-refractivity contribution in [3.05, 3.63) is 53.1 Å². The van der Waals surface area contributed by atoms with Gasteiger partial charge in [0.25, 0.3) is 5.91 Å². The SMILES string of the molecule is COc1c(C)ccc(NC(=O)c2cccnc2F)c1C. The summed E-state index contributed by atoms with van der Waals surface area (Å²) in [6, 6.07) is 6.50. The van der Waals surface area contributed by atoms with E-state index in [0.29, 0.717) is 11.4 Å². The highest BCUT2D eigenvalue weighted by atomic mass is 19.1. The second-order valence-corrected chi connectivity index (χ2v) is 4.38. The third-order valence-electron chi connectivity index (χ3n) is 3.06. The lowest BCUT2D eigenvalue weighted by Crippen LogP contribution is -2.15.